The van der Waals surface area contributed by atoms with Gasteiger partial charge in [0.2, 0.25) is 0 Å². The van der Waals surface area contributed by atoms with Crippen molar-refractivity contribution in [2.45, 2.75) is 61.8 Å². The highest BCUT2D eigenvalue weighted by atomic mass is 32.2. The van der Waals surface area contributed by atoms with Gasteiger partial charge in [-0.05, 0) is 19.4 Å². The van der Waals surface area contributed by atoms with Crippen LogP contribution in [0, 0.1) is 12.3 Å². The molecule has 1 nitrogen and oxygen atoms in total. The third-order valence-corrected chi connectivity index (χ3v) is 6.88. The zero-order chi connectivity index (χ0) is 12.7. The van der Waals surface area contributed by atoms with Crippen LogP contribution >= 0.6 is 23.5 Å². The Labute approximate surface area is 115 Å². The van der Waals surface area contributed by atoms with Gasteiger partial charge in [0.15, 0.2) is 0 Å². The normalized spacial score (nSPS) is 30.8. The fourth-order valence-electron chi connectivity index (χ4n) is 2.12. The van der Waals surface area contributed by atoms with Crippen LogP contribution in [0.25, 0.3) is 0 Å². The van der Waals surface area contributed by atoms with E-state index >= 15 is 0 Å². The van der Waals surface area contributed by atoms with Crippen LogP contribution in [0.2, 0.25) is 0 Å². The molecule has 0 aromatic carbocycles. The molecule has 0 bridgehead atoms. The molecule has 1 saturated heterocycles. The van der Waals surface area contributed by atoms with Gasteiger partial charge in [0, 0.05) is 34.0 Å². The Kier molecular flexibility index (Phi) is 7.50. The summed E-state index contributed by atoms with van der Waals surface area (Å²) in [5.74, 6) is 4.03. The molecular formula is C14H25NS2. The van der Waals surface area contributed by atoms with Crippen molar-refractivity contribution < 1.29 is 0 Å². The highest BCUT2D eigenvalue weighted by Crippen LogP contribution is 2.37. The van der Waals surface area contributed by atoms with Crippen molar-refractivity contribution in [1.29, 1.82) is 0 Å². The summed E-state index contributed by atoms with van der Waals surface area (Å²) in [5, 5.41) is 5.96. The Bertz CT molecular complexity index is 249. The van der Waals surface area contributed by atoms with Gasteiger partial charge >= 0.3 is 0 Å². The van der Waals surface area contributed by atoms with Crippen LogP contribution in [0.5, 0.6) is 0 Å². The van der Waals surface area contributed by atoms with E-state index in [9.17, 15) is 0 Å². The maximum absolute atomic E-state index is 5.33. The van der Waals surface area contributed by atoms with Crippen molar-refractivity contribution in [2.24, 2.45) is 0 Å². The molecule has 1 aliphatic heterocycles. The number of hydrogen-bond donors (Lipinski definition) is 1. The van der Waals surface area contributed by atoms with Gasteiger partial charge in [-0.2, -0.15) is 23.5 Å². The lowest BCUT2D eigenvalue weighted by molar-refractivity contribution is 0.479. The standard InChI is InChI=1S/C14H25NS2/c1-5-7-8-9-13(15-6-2)14-10-16-11(3)12(4)17-14/h1,11-15H,6-10H2,2-4H3. The van der Waals surface area contributed by atoms with Gasteiger partial charge < -0.3 is 5.32 Å². The van der Waals surface area contributed by atoms with Gasteiger partial charge in [-0.3, -0.25) is 0 Å². The number of hydrogen-bond acceptors (Lipinski definition) is 3. The lowest BCUT2D eigenvalue weighted by Gasteiger charge is -2.36. The van der Waals surface area contributed by atoms with Crippen molar-refractivity contribution in [3.05, 3.63) is 0 Å². The molecule has 0 aromatic heterocycles. The summed E-state index contributed by atoms with van der Waals surface area (Å²) >= 11 is 4.29. The first-order valence-corrected chi connectivity index (χ1v) is 8.62. The van der Waals surface area contributed by atoms with Crippen molar-refractivity contribution in [3.8, 4) is 12.3 Å². The molecule has 1 heterocycles. The zero-order valence-corrected chi connectivity index (χ0v) is 12.9. The van der Waals surface area contributed by atoms with Gasteiger partial charge in [-0.25, -0.2) is 0 Å². The van der Waals surface area contributed by atoms with Gasteiger partial charge in [0.25, 0.3) is 0 Å². The average Bonchev–Trinajstić information content (AvgIpc) is 2.32. The SMILES string of the molecule is C#CCCCC(NCC)C1CSC(C)C(C)S1. The van der Waals surface area contributed by atoms with Crippen molar-refractivity contribution in [1.82, 2.24) is 5.32 Å². The molecule has 0 amide bonds. The number of thioether (sulfide) groups is 2. The zero-order valence-electron chi connectivity index (χ0n) is 11.2. The maximum Gasteiger partial charge on any atom is 0.0294 e. The third-order valence-electron chi connectivity index (χ3n) is 3.33. The molecule has 0 spiro atoms. The molecule has 1 fully saturated rings. The van der Waals surface area contributed by atoms with Gasteiger partial charge in [0.1, 0.15) is 0 Å². The van der Waals surface area contributed by atoms with Crippen LogP contribution < -0.4 is 5.32 Å². The molecule has 98 valence electrons. The summed E-state index contributed by atoms with van der Waals surface area (Å²) in [6.07, 6.45) is 8.61. The molecule has 0 aromatic rings. The highest BCUT2D eigenvalue weighted by molar-refractivity contribution is 8.07. The van der Waals surface area contributed by atoms with Crippen LogP contribution in [0.3, 0.4) is 0 Å². The van der Waals surface area contributed by atoms with Gasteiger partial charge in [0.05, 0.1) is 0 Å². The Hall–Kier alpha value is 0.220. The predicted octanol–water partition coefficient (Wildman–Crippen LogP) is 3.39. The Morgan fingerprint density at radius 1 is 1.41 bits per heavy atom. The summed E-state index contributed by atoms with van der Waals surface area (Å²) < 4.78 is 0. The molecule has 4 atom stereocenters. The van der Waals surface area contributed by atoms with Gasteiger partial charge in [-0.15, -0.1) is 12.3 Å². The fourth-order valence-corrected chi connectivity index (χ4v) is 5.29. The van der Waals surface area contributed by atoms with E-state index in [2.05, 4.69) is 55.5 Å². The minimum absolute atomic E-state index is 0.640. The second-order valence-corrected chi connectivity index (χ2v) is 7.71. The summed E-state index contributed by atoms with van der Waals surface area (Å²) in [7, 11) is 0. The summed E-state index contributed by atoms with van der Waals surface area (Å²) in [4.78, 5) is 0. The van der Waals surface area contributed by atoms with Crippen LogP contribution in [-0.2, 0) is 0 Å². The molecule has 0 aliphatic carbocycles. The average molecular weight is 271 g/mol. The van der Waals surface area contributed by atoms with Crippen LogP contribution in [-0.4, -0.2) is 34.1 Å². The number of unbranched alkanes of at least 4 members (excludes halogenated alkanes) is 1. The molecule has 1 aliphatic rings. The Morgan fingerprint density at radius 2 is 2.18 bits per heavy atom. The maximum atomic E-state index is 5.33. The van der Waals surface area contributed by atoms with E-state index in [-0.39, 0.29) is 0 Å². The molecular weight excluding hydrogens is 246 g/mol. The largest absolute Gasteiger partial charge is 0.313 e. The minimum Gasteiger partial charge on any atom is -0.313 e. The molecule has 3 heteroatoms. The smallest absolute Gasteiger partial charge is 0.0294 e. The van der Waals surface area contributed by atoms with E-state index in [1.165, 1.54) is 12.2 Å². The quantitative estimate of drug-likeness (QED) is 0.587. The second kappa shape index (κ2) is 8.34. The Balaban J connectivity index is 2.43. The second-order valence-electron chi connectivity index (χ2n) is 4.68. The van der Waals surface area contributed by atoms with Crippen molar-refractivity contribution in [2.75, 3.05) is 12.3 Å². The molecule has 0 radical (unpaired) electrons. The van der Waals surface area contributed by atoms with E-state index in [0.717, 1.165) is 35.1 Å². The topological polar surface area (TPSA) is 12.0 Å². The van der Waals surface area contributed by atoms with E-state index in [4.69, 9.17) is 6.42 Å². The molecule has 1 N–H and O–H groups in total. The summed E-state index contributed by atoms with van der Waals surface area (Å²) in [5.41, 5.74) is 0. The van der Waals surface area contributed by atoms with Crippen molar-refractivity contribution in [3.63, 3.8) is 0 Å². The number of terminal acetylenes is 1. The lowest BCUT2D eigenvalue weighted by Crippen LogP contribution is -2.43. The molecule has 17 heavy (non-hydrogen) atoms. The Morgan fingerprint density at radius 3 is 2.76 bits per heavy atom. The summed E-state index contributed by atoms with van der Waals surface area (Å²) in [6, 6.07) is 0.640. The van der Waals surface area contributed by atoms with Crippen LogP contribution in [0.4, 0.5) is 0 Å². The fraction of sp³-hybridized carbons (Fsp3) is 0.857. The summed E-state index contributed by atoms with van der Waals surface area (Å²) in [6.45, 7) is 7.96. The molecule has 0 saturated carbocycles. The molecule has 4 unspecified atom stereocenters. The first kappa shape index (κ1) is 15.3. The van der Waals surface area contributed by atoms with Crippen molar-refractivity contribution >= 4 is 23.5 Å². The third kappa shape index (κ3) is 5.16. The predicted molar refractivity (Wildman–Crippen MR) is 82.9 cm³/mol. The van der Waals surface area contributed by atoms with Crippen LogP contribution in [0.15, 0.2) is 0 Å². The molecule has 1 rings (SSSR count). The first-order chi connectivity index (χ1) is 8.19. The monoisotopic (exact) mass is 271 g/mol. The van der Waals surface area contributed by atoms with Crippen LogP contribution in [0.1, 0.15) is 40.0 Å². The number of rotatable bonds is 6. The van der Waals surface area contributed by atoms with E-state index in [0.29, 0.717) is 6.04 Å². The highest BCUT2D eigenvalue weighted by Gasteiger charge is 2.30. The minimum atomic E-state index is 0.640. The van der Waals surface area contributed by atoms with Gasteiger partial charge in [-0.1, -0.05) is 20.8 Å². The van der Waals surface area contributed by atoms with E-state index < -0.39 is 0 Å². The number of nitrogens with one attached hydrogen (secondary N) is 1. The first-order valence-electron chi connectivity index (χ1n) is 6.63. The lowest BCUT2D eigenvalue weighted by atomic mass is 10.1. The van der Waals surface area contributed by atoms with E-state index in [1.54, 1.807) is 0 Å². The van der Waals surface area contributed by atoms with E-state index in [1.807, 2.05) is 0 Å².